The first-order valence-corrected chi connectivity index (χ1v) is 3.82. The minimum Gasteiger partial charge on any atom is -0.545 e. The molecule has 2 rings (SSSR count). The Kier molecular flexibility index (Phi) is 3.85. The van der Waals surface area contributed by atoms with Gasteiger partial charge < -0.3 is 9.90 Å². The van der Waals surface area contributed by atoms with E-state index in [4.69, 9.17) is 0 Å². The van der Waals surface area contributed by atoms with Crippen LogP contribution in [0, 0.1) is 0 Å². The molecule has 0 saturated carbocycles. The standard InChI is InChI=1S/C9H8N2O2.K/c1-11-5-7-6(9(12)13)3-2-4-8(7)10-11;/h2-5H,1H3,(H,12,13);/q;+1/p-1. The summed E-state index contributed by atoms with van der Waals surface area (Å²) >= 11 is 0. The van der Waals surface area contributed by atoms with E-state index >= 15 is 0 Å². The van der Waals surface area contributed by atoms with Gasteiger partial charge in [0.25, 0.3) is 0 Å². The Morgan fingerprint density at radius 3 is 2.86 bits per heavy atom. The predicted molar refractivity (Wildman–Crippen MR) is 45.0 cm³/mol. The van der Waals surface area contributed by atoms with Crippen molar-refractivity contribution in [3.05, 3.63) is 30.0 Å². The van der Waals surface area contributed by atoms with Crippen molar-refractivity contribution in [2.75, 3.05) is 0 Å². The topological polar surface area (TPSA) is 58.0 Å². The third kappa shape index (κ3) is 2.07. The Labute approximate surface area is 123 Å². The Morgan fingerprint density at radius 1 is 1.50 bits per heavy atom. The molecule has 0 aliphatic carbocycles. The predicted octanol–water partition coefficient (Wildman–Crippen LogP) is -3.06. The molecule has 0 aliphatic heterocycles. The number of nitrogens with zero attached hydrogens (tertiary/aromatic N) is 2. The fourth-order valence-electron chi connectivity index (χ4n) is 1.34. The van der Waals surface area contributed by atoms with Crippen LogP contribution in [-0.4, -0.2) is 15.7 Å². The van der Waals surface area contributed by atoms with Crippen molar-refractivity contribution in [3.63, 3.8) is 0 Å². The second kappa shape index (κ2) is 4.54. The van der Waals surface area contributed by atoms with Crippen LogP contribution >= 0.6 is 0 Å². The molecular formula is C9H7KN2O2. The maximum absolute atomic E-state index is 10.7. The molecule has 0 saturated heterocycles. The fraction of sp³-hybridized carbons (Fsp3) is 0.111. The van der Waals surface area contributed by atoms with E-state index in [9.17, 15) is 9.90 Å². The number of hydrogen-bond donors (Lipinski definition) is 0. The zero-order valence-electron chi connectivity index (χ0n) is 8.02. The number of aromatic carboxylic acids is 1. The third-order valence-corrected chi connectivity index (χ3v) is 1.88. The SMILES string of the molecule is Cn1cc2c(C(=O)[O-])cccc2n1.[K+]. The zero-order valence-corrected chi connectivity index (χ0v) is 11.1. The molecule has 5 heteroatoms. The van der Waals surface area contributed by atoms with Gasteiger partial charge >= 0.3 is 51.4 Å². The maximum atomic E-state index is 10.7. The van der Waals surface area contributed by atoms with Gasteiger partial charge in [0, 0.05) is 24.2 Å². The fourth-order valence-corrected chi connectivity index (χ4v) is 1.34. The number of carboxylic acid groups (broad SMARTS) is 1. The van der Waals surface area contributed by atoms with Gasteiger partial charge in [0.1, 0.15) is 0 Å². The van der Waals surface area contributed by atoms with Gasteiger partial charge in [-0.1, -0.05) is 12.1 Å². The van der Waals surface area contributed by atoms with Gasteiger partial charge in [-0.3, -0.25) is 4.68 Å². The number of carbonyl (C=O) groups is 1. The molecule has 66 valence electrons. The van der Waals surface area contributed by atoms with Crippen LogP contribution in [0.3, 0.4) is 0 Å². The average Bonchev–Trinajstić information content (AvgIpc) is 2.43. The van der Waals surface area contributed by atoms with E-state index < -0.39 is 5.97 Å². The summed E-state index contributed by atoms with van der Waals surface area (Å²) in [5.41, 5.74) is 0.856. The Bertz CT molecular complexity index is 479. The Morgan fingerprint density at radius 2 is 2.21 bits per heavy atom. The van der Waals surface area contributed by atoms with Crippen molar-refractivity contribution < 1.29 is 61.3 Å². The van der Waals surface area contributed by atoms with Crippen LogP contribution in [0.5, 0.6) is 0 Å². The normalized spacial score (nSPS) is 9.79. The number of aromatic nitrogens is 2. The molecule has 0 atom stereocenters. The van der Waals surface area contributed by atoms with E-state index in [1.54, 1.807) is 30.1 Å². The smallest absolute Gasteiger partial charge is 0.545 e. The van der Waals surface area contributed by atoms with Gasteiger partial charge in [-0.25, -0.2) is 0 Å². The Hall–Kier alpha value is -0.204. The largest absolute Gasteiger partial charge is 1.00 e. The van der Waals surface area contributed by atoms with Crippen molar-refractivity contribution in [1.29, 1.82) is 0 Å². The molecular weight excluding hydrogens is 207 g/mol. The molecule has 0 aliphatic rings. The van der Waals surface area contributed by atoms with Gasteiger partial charge in [-0.15, -0.1) is 0 Å². The van der Waals surface area contributed by atoms with Crippen molar-refractivity contribution >= 4 is 16.9 Å². The molecule has 0 amide bonds. The van der Waals surface area contributed by atoms with E-state index in [0.717, 1.165) is 0 Å². The van der Waals surface area contributed by atoms with E-state index in [2.05, 4.69) is 5.10 Å². The number of benzene rings is 1. The van der Waals surface area contributed by atoms with Crippen LogP contribution in [-0.2, 0) is 7.05 Å². The minimum absolute atomic E-state index is 0. The summed E-state index contributed by atoms with van der Waals surface area (Å²) in [5.74, 6) is -1.17. The average molecular weight is 214 g/mol. The van der Waals surface area contributed by atoms with Crippen LogP contribution < -0.4 is 56.5 Å². The number of carbonyl (C=O) groups excluding carboxylic acids is 1. The van der Waals surface area contributed by atoms with Crippen LogP contribution in [0.4, 0.5) is 0 Å². The van der Waals surface area contributed by atoms with Crippen LogP contribution in [0.2, 0.25) is 0 Å². The first-order chi connectivity index (χ1) is 6.18. The second-order valence-corrected chi connectivity index (χ2v) is 2.83. The maximum Gasteiger partial charge on any atom is 1.00 e. The first kappa shape index (κ1) is 11.9. The third-order valence-electron chi connectivity index (χ3n) is 1.88. The van der Waals surface area contributed by atoms with Gasteiger partial charge in [-0.2, -0.15) is 5.10 Å². The Balaban J connectivity index is 0.000000980. The monoisotopic (exact) mass is 214 g/mol. The molecule has 0 fully saturated rings. The molecule has 2 aromatic rings. The van der Waals surface area contributed by atoms with E-state index in [-0.39, 0.29) is 56.9 Å². The number of rotatable bonds is 1. The molecule has 0 bridgehead atoms. The summed E-state index contributed by atoms with van der Waals surface area (Å²) in [5, 5.41) is 15.4. The number of hydrogen-bond acceptors (Lipinski definition) is 3. The van der Waals surface area contributed by atoms with Crippen LogP contribution in [0.15, 0.2) is 24.4 Å². The van der Waals surface area contributed by atoms with E-state index in [1.807, 2.05) is 0 Å². The number of aryl methyl sites for hydroxylation is 1. The summed E-state index contributed by atoms with van der Waals surface area (Å²) in [6, 6.07) is 4.93. The van der Waals surface area contributed by atoms with Crippen molar-refractivity contribution in [2.24, 2.45) is 7.05 Å². The summed E-state index contributed by atoms with van der Waals surface area (Å²) in [6.45, 7) is 0. The van der Waals surface area contributed by atoms with Gasteiger partial charge in [0.2, 0.25) is 0 Å². The van der Waals surface area contributed by atoms with Crippen LogP contribution in [0.1, 0.15) is 10.4 Å². The van der Waals surface area contributed by atoms with Crippen molar-refractivity contribution in [1.82, 2.24) is 9.78 Å². The molecule has 1 heterocycles. The molecule has 0 unspecified atom stereocenters. The first-order valence-electron chi connectivity index (χ1n) is 3.82. The molecule has 0 spiro atoms. The van der Waals surface area contributed by atoms with E-state index in [0.29, 0.717) is 10.9 Å². The van der Waals surface area contributed by atoms with Gasteiger partial charge in [0.15, 0.2) is 0 Å². The summed E-state index contributed by atoms with van der Waals surface area (Å²) < 4.78 is 1.58. The summed E-state index contributed by atoms with van der Waals surface area (Å²) in [7, 11) is 1.75. The van der Waals surface area contributed by atoms with Crippen molar-refractivity contribution in [3.8, 4) is 0 Å². The van der Waals surface area contributed by atoms with Gasteiger partial charge in [-0.05, 0) is 6.07 Å². The van der Waals surface area contributed by atoms with Crippen molar-refractivity contribution in [2.45, 2.75) is 0 Å². The molecule has 4 nitrogen and oxygen atoms in total. The molecule has 1 aromatic heterocycles. The second-order valence-electron chi connectivity index (χ2n) is 2.83. The number of carboxylic acids is 1. The quantitative estimate of drug-likeness (QED) is 0.474. The molecule has 14 heavy (non-hydrogen) atoms. The zero-order chi connectivity index (χ0) is 9.42. The summed E-state index contributed by atoms with van der Waals surface area (Å²) in [6.07, 6.45) is 1.67. The van der Waals surface area contributed by atoms with Crippen LogP contribution in [0.25, 0.3) is 10.9 Å². The van der Waals surface area contributed by atoms with E-state index in [1.165, 1.54) is 6.07 Å². The number of fused-ring (bicyclic) bond motifs is 1. The molecule has 0 N–H and O–H groups in total. The summed E-state index contributed by atoms with van der Waals surface area (Å²) in [4.78, 5) is 10.7. The molecule has 0 radical (unpaired) electrons. The molecule has 1 aromatic carbocycles. The van der Waals surface area contributed by atoms with Gasteiger partial charge in [0.05, 0.1) is 11.5 Å². The minimum atomic E-state index is -1.17.